The quantitative estimate of drug-likeness (QED) is 0.292. The lowest BCUT2D eigenvalue weighted by atomic mass is 10.2. The van der Waals surface area contributed by atoms with Crippen molar-refractivity contribution in [3.8, 4) is 0 Å². The number of halogens is 13. The third-order valence-electron chi connectivity index (χ3n) is 3.35. The van der Waals surface area contributed by atoms with Gasteiger partial charge in [-0.15, -0.1) is 13.2 Å². The Balaban J connectivity index is 3.01. The highest BCUT2D eigenvalue weighted by Gasteiger charge is 2.74. The summed E-state index contributed by atoms with van der Waals surface area (Å²) in [6.45, 7) is 1.37. The SMILES string of the molecule is CCOC(=O)c1ccc(NC(=O)C(F)(F)OC(F)(F)C(F)(F)OC(F)(F)C(F)(F)OC(F)(F)F)cc1. The van der Waals surface area contributed by atoms with Crippen molar-refractivity contribution in [2.75, 3.05) is 11.9 Å². The highest BCUT2D eigenvalue weighted by Crippen LogP contribution is 2.48. The minimum atomic E-state index is -7.20. The van der Waals surface area contributed by atoms with E-state index < -0.39 is 54.5 Å². The number of anilines is 1. The van der Waals surface area contributed by atoms with Gasteiger partial charge in [-0.2, -0.15) is 43.9 Å². The van der Waals surface area contributed by atoms with E-state index in [2.05, 4.69) is 9.47 Å². The Bertz CT molecular complexity index is 933. The number of amides is 1. The number of hydrogen-bond acceptors (Lipinski definition) is 6. The molecule has 0 aromatic heterocycles. The molecule has 0 saturated heterocycles. The van der Waals surface area contributed by atoms with Crippen molar-refractivity contribution in [2.24, 2.45) is 0 Å². The second kappa shape index (κ2) is 10.2. The first kappa shape index (κ1) is 31.2. The van der Waals surface area contributed by atoms with Crippen molar-refractivity contribution in [2.45, 2.75) is 43.8 Å². The van der Waals surface area contributed by atoms with E-state index in [4.69, 9.17) is 0 Å². The number of nitrogens with one attached hydrogen (secondary N) is 1. The van der Waals surface area contributed by atoms with Crippen LogP contribution in [0.1, 0.15) is 17.3 Å². The van der Waals surface area contributed by atoms with Crippen LogP contribution in [0.15, 0.2) is 24.3 Å². The molecule has 0 spiro atoms. The van der Waals surface area contributed by atoms with Crippen LogP contribution < -0.4 is 5.32 Å². The summed E-state index contributed by atoms with van der Waals surface area (Å²) < 4.78 is 177. The van der Waals surface area contributed by atoms with Gasteiger partial charge < -0.3 is 10.1 Å². The molecule has 0 radical (unpaired) electrons. The van der Waals surface area contributed by atoms with Gasteiger partial charge in [0, 0.05) is 5.69 Å². The van der Waals surface area contributed by atoms with E-state index in [-0.39, 0.29) is 12.2 Å². The van der Waals surface area contributed by atoms with E-state index in [0.717, 1.165) is 29.6 Å². The summed E-state index contributed by atoms with van der Waals surface area (Å²) >= 11 is 0. The number of carbonyl (C=O) groups excluding carboxylic acids is 2. The summed E-state index contributed by atoms with van der Waals surface area (Å²) in [5.74, 6) is -3.85. The smallest absolute Gasteiger partial charge is 0.462 e. The van der Waals surface area contributed by atoms with Crippen LogP contribution in [-0.4, -0.2) is 55.4 Å². The van der Waals surface area contributed by atoms with E-state index in [1.165, 1.54) is 11.7 Å². The van der Waals surface area contributed by atoms with Crippen LogP contribution in [0.5, 0.6) is 0 Å². The zero-order chi connectivity index (χ0) is 28.4. The Morgan fingerprint density at radius 1 is 0.694 bits per heavy atom. The minimum Gasteiger partial charge on any atom is -0.462 e. The predicted octanol–water partition coefficient (Wildman–Crippen LogP) is 5.34. The fourth-order valence-corrected chi connectivity index (χ4v) is 1.86. The maximum absolute atomic E-state index is 13.6. The molecule has 1 N–H and O–H groups in total. The van der Waals surface area contributed by atoms with Crippen LogP contribution in [0, 0.1) is 0 Å². The lowest BCUT2D eigenvalue weighted by Gasteiger charge is -2.33. The molecule has 0 saturated carbocycles. The monoisotopic (exact) mass is 559 g/mol. The van der Waals surface area contributed by atoms with Crippen LogP contribution in [0.25, 0.3) is 0 Å². The second-order valence-corrected chi connectivity index (χ2v) is 6.09. The zero-order valence-electron chi connectivity index (χ0n) is 16.9. The highest BCUT2D eigenvalue weighted by atomic mass is 19.4. The van der Waals surface area contributed by atoms with Gasteiger partial charge in [0.25, 0.3) is 0 Å². The zero-order valence-corrected chi connectivity index (χ0v) is 16.9. The molecule has 0 unspecified atom stereocenters. The maximum atomic E-state index is 13.6. The van der Waals surface area contributed by atoms with Crippen molar-refractivity contribution in [1.82, 2.24) is 0 Å². The van der Waals surface area contributed by atoms with Crippen LogP contribution in [0.3, 0.4) is 0 Å². The number of esters is 1. The first-order valence-electron chi connectivity index (χ1n) is 8.61. The van der Waals surface area contributed by atoms with Gasteiger partial charge in [0.2, 0.25) is 0 Å². The van der Waals surface area contributed by atoms with Gasteiger partial charge in [-0.25, -0.2) is 19.0 Å². The summed E-state index contributed by atoms with van der Waals surface area (Å²) in [5, 5.41) is 1.15. The van der Waals surface area contributed by atoms with Crippen molar-refractivity contribution >= 4 is 17.6 Å². The molecule has 0 heterocycles. The van der Waals surface area contributed by atoms with Crippen LogP contribution in [-0.2, 0) is 23.7 Å². The fraction of sp³-hybridized carbons (Fsp3) is 0.500. The number of ether oxygens (including phenoxy) is 4. The number of carbonyl (C=O) groups is 2. The molecule has 20 heteroatoms. The molecular formula is C16H10F13NO6. The highest BCUT2D eigenvalue weighted by molar-refractivity contribution is 5.96. The van der Waals surface area contributed by atoms with E-state index in [1.54, 1.807) is 4.74 Å². The van der Waals surface area contributed by atoms with E-state index in [0.29, 0.717) is 0 Å². The molecule has 0 fully saturated rings. The minimum absolute atomic E-state index is 0.0671. The van der Waals surface area contributed by atoms with Crippen LogP contribution >= 0.6 is 0 Å². The summed E-state index contributed by atoms with van der Waals surface area (Å²) in [6, 6.07) is 3.18. The first-order chi connectivity index (χ1) is 16.0. The Labute approximate surface area is 190 Å². The Hall–Kier alpha value is -2.87. The van der Waals surface area contributed by atoms with E-state index in [9.17, 15) is 66.7 Å². The second-order valence-electron chi connectivity index (χ2n) is 6.09. The van der Waals surface area contributed by atoms with Gasteiger partial charge in [0.05, 0.1) is 12.2 Å². The molecule has 1 amide bonds. The summed E-state index contributed by atoms with van der Waals surface area (Å²) in [4.78, 5) is 22.9. The first-order valence-corrected chi connectivity index (χ1v) is 8.61. The fourth-order valence-electron chi connectivity index (χ4n) is 1.86. The molecule has 7 nitrogen and oxygen atoms in total. The third kappa shape index (κ3) is 7.82. The van der Waals surface area contributed by atoms with Gasteiger partial charge >= 0.3 is 48.8 Å². The molecule has 1 rings (SSSR count). The van der Waals surface area contributed by atoms with Crippen LogP contribution in [0.4, 0.5) is 62.8 Å². The summed E-state index contributed by atoms with van der Waals surface area (Å²) in [7, 11) is 0. The van der Waals surface area contributed by atoms with Crippen LogP contribution in [0.2, 0.25) is 0 Å². The van der Waals surface area contributed by atoms with Crippen molar-refractivity contribution in [3.05, 3.63) is 29.8 Å². The van der Waals surface area contributed by atoms with E-state index >= 15 is 0 Å². The Morgan fingerprint density at radius 3 is 1.53 bits per heavy atom. The molecule has 0 bridgehead atoms. The molecule has 1 aromatic carbocycles. The lowest BCUT2D eigenvalue weighted by Crippen LogP contribution is -2.58. The number of rotatable bonds is 11. The van der Waals surface area contributed by atoms with Crippen molar-refractivity contribution in [1.29, 1.82) is 0 Å². The normalized spacial score (nSPS) is 13.9. The molecule has 0 aliphatic heterocycles. The summed E-state index contributed by atoms with van der Waals surface area (Å²) in [6.07, 6.45) is -41.1. The predicted molar refractivity (Wildman–Crippen MR) is 85.1 cm³/mol. The van der Waals surface area contributed by atoms with Gasteiger partial charge in [-0.05, 0) is 31.2 Å². The Morgan fingerprint density at radius 2 is 1.11 bits per heavy atom. The van der Waals surface area contributed by atoms with Gasteiger partial charge in [0.1, 0.15) is 0 Å². The van der Waals surface area contributed by atoms with Gasteiger partial charge in [-0.1, -0.05) is 0 Å². The molecule has 0 atom stereocenters. The van der Waals surface area contributed by atoms with Gasteiger partial charge in [-0.3, -0.25) is 4.79 Å². The lowest BCUT2D eigenvalue weighted by molar-refractivity contribution is -0.561. The molecule has 36 heavy (non-hydrogen) atoms. The summed E-state index contributed by atoms with van der Waals surface area (Å²) in [5.41, 5.74) is -0.869. The largest absolute Gasteiger partial charge is 0.527 e. The molecule has 0 aliphatic carbocycles. The molecule has 0 aliphatic rings. The number of alkyl halides is 13. The molecular weight excluding hydrogens is 549 g/mol. The average Bonchev–Trinajstić information content (AvgIpc) is 2.65. The third-order valence-corrected chi connectivity index (χ3v) is 3.35. The van der Waals surface area contributed by atoms with Crippen molar-refractivity contribution in [3.63, 3.8) is 0 Å². The standard InChI is InChI=1S/C16H10F13NO6/c1-2-33-9(31)7-3-5-8(6-4-7)30-10(32)11(17,18)34-12(19,20)13(21,22)35-14(23,24)15(25,26)36-16(27,28)29/h3-6H,2H2,1H3,(H,30,32). The maximum Gasteiger partial charge on any atom is 0.527 e. The van der Waals surface area contributed by atoms with Crippen molar-refractivity contribution < 1.29 is 85.6 Å². The molecule has 1 aromatic rings. The average molecular weight is 559 g/mol. The van der Waals surface area contributed by atoms with Gasteiger partial charge in [0.15, 0.2) is 0 Å². The number of benzene rings is 1. The van der Waals surface area contributed by atoms with E-state index in [1.807, 2.05) is 0 Å². The Kier molecular flexibility index (Phi) is 8.87. The topological polar surface area (TPSA) is 83.1 Å². The molecule has 206 valence electrons. The number of hydrogen-bond donors (Lipinski definition) is 1.